The number of carbonyl (C=O) groups excluding carboxylic acids is 2. The van der Waals surface area contributed by atoms with Crippen molar-refractivity contribution < 1.29 is 19.1 Å². The van der Waals surface area contributed by atoms with Gasteiger partial charge in [0, 0.05) is 19.5 Å². The fourth-order valence-electron chi connectivity index (χ4n) is 2.27. The van der Waals surface area contributed by atoms with Gasteiger partial charge in [-0.1, -0.05) is 12.1 Å². The molecule has 1 saturated heterocycles. The molecule has 1 atom stereocenters. The van der Waals surface area contributed by atoms with E-state index in [0.29, 0.717) is 13.1 Å². The predicted molar refractivity (Wildman–Crippen MR) is 73.2 cm³/mol. The molecule has 1 aliphatic heterocycles. The summed E-state index contributed by atoms with van der Waals surface area (Å²) in [6.07, 6.45) is 0.255. The van der Waals surface area contributed by atoms with Crippen LogP contribution in [-0.4, -0.2) is 37.0 Å². The maximum atomic E-state index is 11.9. The number of hydrogen-bond donors (Lipinski definition) is 0. The van der Waals surface area contributed by atoms with Gasteiger partial charge in [-0.25, -0.2) is 0 Å². The molecular weight excluding hydrogens is 258 g/mol. The normalized spacial score (nSPS) is 18.2. The first-order chi connectivity index (χ1) is 9.63. The first-order valence-corrected chi connectivity index (χ1v) is 6.71. The van der Waals surface area contributed by atoms with Crippen LogP contribution in [0.3, 0.4) is 0 Å². The van der Waals surface area contributed by atoms with Crippen molar-refractivity contribution in [3.05, 3.63) is 29.8 Å². The van der Waals surface area contributed by atoms with Gasteiger partial charge in [-0.15, -0.1) is 0 Å². The first kappa shape index (κ1) is 14.4. The number of benzene rings is 1. The maximum Gasteiger partial charge on any atom is 0.311 e. The molecule has 1 heterocycles. The molecule has 0 radical (unpaired) electrons. The van der Waals surface area contributed by atoms with Crippen LogP contribution in [0.25, 0.3) is 0 Å². The molecule has 20 heavy (non-hydrogen) atoms. The van der Waals surface area contributed by atoms with Gasteiger partial charge in [0.25, 0.3) is 0 Å². The summed E-state index contributed by atoms with van der Waals surface area (Å²) in [7, 11) is 1.59. The lowest BCUT2D eigenvalue weighted by Gasteiger charge is -2.13. The summed E-state index contributed by atoms with van der Waals surface area (Å²) in [5.74, 6) is 0.104. The topological polar surface area (TPSA) is 55.8 Å². The molecule has 1 aliphatic rings. The molecule has 1 fully saturated rings. The minimum absolute atomic E-state index is 0.0239. The quantitative estimate of drug-likeness (QED) is 0.767. The van der Waals surface area contributed by atoms with Gasteiger partial charge >= 0.3 is 5.97 Å². The van der Waals surface area contributed by atoms with E-state index in [4.69, 9.17) is 9.47 Å². The minimum atomic E-state index is -0.340. The summed E-state index contributed by atoms with van der Waals surface area (Å²) < 4.78 is 10.4. The van der Waals surface area contributed by atoms with E-state index in [-0.39, 0.29) is 30.8 Å². The fourth-order valence-corrected chi connectivity index (χ4v) is 2.27. The van der Waals surface area contributed by atoms with Gasteiger partial charge in [0.15, 0.2) is 0 Å². The monoisotopic (exact) mass is 277 g/mol. The third-order valence-electron chi connectivity index (χ3n) is 3.44. The Balaban J connectivity index is 1.88. The summed E-state index contributed by atoms with van der Waals surface area (Å²) in [5.41, 5.74) is 0.870. The van der Waals surface area contributed by atoms with Gasteiger partial charge in [0.1, 0.15) is 12.4 Å². The van der Waals surface area contributed by atoms with Crippen LogP contribution < -0.4 is 4.74 Å². The van der Waals surface area contributed by atoms with E-state index in [1.54, 1.807) is 12.0 Å². The molecule has 2 rings (SSSR count). The average molecular weight is 277 g/mol. The summed E-state index contributed by atoms with van der Waals surface area (Å²) in [6.45, 7) is 3.21. The molecule has 5 nitrogen and oxygen atoms in total. The van der Waals surface area contributed by atoms with Crippen molar-refractivity contribution in [1.82, 2.24) is 4.90 Å². The van der Waals surface area contributed by atoms with Crippen LogP contribution in [0, 0.1) is 5.92 Å². The number of likely N-dealkylation sites (tertiary alicyclic amines) is 1. The summed E-state index contributed by atoms with van der Waals surface area (Å²) in [4.78, 5) is 25.2. The van der Waals surface area contributed by atoms with Gasteiger partial charge in [-0.2, -0.15) is 0 Å². The van der Waals surface area contributed by atoms with E-state index >= 15 is 0 Å². The van der Waals surface area contributed by atoms with E-state index in [1.807, 2.05) is 31.2 Å². The van der Waals surface area contributed by atoms with E-state index in [0.717, 1.165) is 11.3 Å². The molecule has 0 spiro atoms. The minimum Gasteiger partial charge on any atom is -0.497 e. The highest BCUT2D eigenvalue weighted by atomic mass is 16.5. The molecular formula is C15H19NO4. The fraction of sp³-hybridized carbons (Fsp3) is 0.467. The van der Waals surface area contributed by atoms with Crippen LogP contribution in [0.15, 0.2) is 24.3 Å². The molecule has 0 aliphatic carbocycles. The highest BCUT2D eigenvalue weighted by Crippen LogP contribution is 2.20. The summed E-state index contributed by atoms with van der Waals surface area (Å²) in [5, 5.41) is 0. The smallest absolute Gasteiger partial charge is 0.311 e. The number of nitrogens with zero attached hydrogens (tertiary/aromatic N) is 1. The van der Waals surface area contributed by atoms with Crippen molar-refractivity contribution in [3.63, 3.8) is 0 Å². The zero-order valence-corrected chi connectivity index (χ0v) is 11.8. The second-order valence-electron chi connectivity index (χ2n) is 4.79. The zero-order chi connectivity index (χ0) is 14.5. The van der Waals surface area contributed by atoms with Crippen molar-refractivity contribution in [1.29, 1.82) is 0 Å². The van der Waals surface area contributed by atoms with Gasteiger partial charge in [-0.3, -0.25) is 9.59 Å². The Hall–Kier alpha value is -2.04. The van der Waals surface area contributed by atoms with E-state index < -0.39 is 0 Å². The number of carbonyl (C=O) groups is 2. The Morgan fingerprint density at radius 2 is 2.25 bits per heavy atom. The lowest BCUT2D eigenvalue weighted by atomic mass is 10.1. The molecule has 0 unspecified atom stereocenters. The summed E-state index contributed by atoms with van der Waals surface area (Å²) >= 11 is 0. The van der Waals surface area contributed by atoms with Crippen molar-refractivity contribution in [3.8, 4) is 5.75 Å². The second-order valence-corrected chi connectivity index (χ2v) is 4.79. The maximum absolute atomic E-state index is 11.9. The second kappa shape index (κ2) is 6.41. The number of hydrogen-bond acceptors (Lipinski definition) is 4. The predicted octanol–water partition coefficient (Wildman–Crippen LogP) is 1.61. The van der Waals surface area contributed by atoms with Gasteiger partial charge in [0.05, 0.1) is 13.0 Å². The molecule has 1 aromatic rings. The first-order valence-electron chi connectivity index (χ1n) is 6.71. The Morgan fingerprint density at radius 3 is 2.90 bits per heavy atom. The van der Waals surface area contributed by atoms with Crippen LogP contribution in [-0.2, 0) is 20.9 Å². The Bertz CT molecular complexity index is 500. The molecule has 1 amide bonds. The van der Waals surface area contributed by atoms with Crippen LogP contribution in [0.1, 0.15) is 18.9 Å². The number of methoxy groups -OCH3 is 1. The van der Waals surface area contributed by atoms with Crippen molar-refractivity contribution in [2.75, 3.05) is 20.2 Å². The third-order valence-corrected chi connectivity index (χ3v) is 3.44. The Labute approximate surface area is 118 Å². The largest absolute Gasteiger partial charge is 0.497 e. The standard InChI is InChI=1S/C15H19NO4/c1-3-16-9-12(8-14(16)17)15(18)20-10-11-5-4-6-13(7-11)19-2/h4-7,12H,3,8-10H2,1-2H3/t12-/m0/s1. The molecule has 0 bridgehead atoms. The molecule has 0 N–H and O–H groups in total. The van der Waals surface area contributed by atoms with Crippen LogP contribution in [0.5, 0.6) is 5.75 Å². The Kier molecular flexibility index (Phi) is 4.61. The molecule has 108 valence electrons. The number of amides is 1. The van der Waals surface area contributed by atoms with Gasteiger partial charge in [-0.05, 0) is 24.6 Å². The molecule has 0 aromatic heterocycles. The zero-order valence-electron chi connectivity index (χ0n) is 11.8. The third kappa shape index (κ3) is 3.29. The number of esters is 1. The van der Waals surface area contributed by atoms with Gasteiger partial charge < -0.3 is 14.4 Å². The highest BCUT2D eigenvalue weighted by Gasteiger charge is 2.34. The van der Waals surface area contributed by atoms with Crippen molar-refractivity contribution >= 4 is 11.9 Å². The molecule has 5 heteroatoms. The van der Waals surface area contributed by atoms with E-state index in [9.17, 15) is 9.59 Å². The van der Waals surface area contributed by atoms with Crippen LogP contribution in [0.2, 0.25) is 0 Å². The van der Waals surface area contributed by atoms with Crippen molar-refractivity contribution in [2.45, 2.75) is 20.0 Å². The van der Waals surface area contributed by atoms with Gasteiger partial charge in [0.2, 0.25) is 5.91 Å². The summed E-state index contributed by atoms with van der Waals surface area (Å²) in [6, 6.07) is 7.37. The lowest BCUT2D eigenvalue weighted by Crippen LogP contribution is -2.26. The Morgan fingerprint density at radius 1 is 1.45 bits per heavy atom. The van der Waals surface area contributed by atoms with E-state index in [1.165, 1.54) is 0 Å². The van der Waals surface area contributed by atoms with Crippen molar-refractivity contribution in [2.24, 2.45) is 5.92 Å². The molecule has 0 saturated carbocycles. The molecule has 1 aromatic carbocycles. The number of ether oxygens (including phenoxy) is 2. The van der Waals surface area contributed by atoms with E-state index in [2.05, 4.69) is 0 Å². The lowest BCUT2D eigenvalue weighted by molar-refractivity contribution is -0.149. The average Bonchev–Trinajstić information content (AvgIpc) is 2.86. The van der Waals surface area contributed by atoms with Crippen LogP contribution in [0.4, 0.5) is 0 Å². The highest BCUT2D eigenvalue weighted by molar-refractivity contribution is 5.86. The number of rotatable bonds is 5. The SMILES string of the molecule is CCN1C[C@@H](C(=O)OCc2cccc(OC)c2)CC1=O. The van der Waals surface area contributed by atoms with Crippen LogP contribution >= 0.6 is 0 Å².